The number of hydrogen-bond acceptors (Lipinski definition) is 4. The molecule has 2 aromatic rings. The number of nitrogens with one attached hydrogen (secondary N) is 2. The molecule has 0 aliphatic carbocycles. The van der Waals surface area contributed by atoms with Gasteiger partial charge in [-0.25, -0.2) is 4.79 Å². The lowest BCUT2D eigenvalue weighted by atomic mass is 10.1. The molecule has 0 aliphatic heterocycles. The number of carbonyl (C=O) groups is 2. The van der Waals surface area contributed by atoms with Gasteiger partial charge in [0, 0.05) is 51.1 Å². The first-order valence-electron chi connectivity index (χ1n) is 9.19. The summed E-state index contributed by atoms with van der Waals surface area (Å²) >= 11 is 0. The van der Waals surface area contributed by atoms with Crippen LogP contribution in [0.15, 0.2) is 24.3 Å². The number of urea groups is 1. The van der Waals surface area contributed by atoms with Crippen LogP contribution in [0.25, 0.3) is 0 Å². The smallest absolute Gasteiger partial charge is 0.317 e. The Morgan fingerprint density at radius 1 is 1.21 bits per heavy atom. The van der Waals surface area contributed by atoms with E-state index in [4.69, 9.17) is 4.74 Å². The molecule has 2 N–H and O–H groups in total. The summed E-state index contributed by atoms with van der Waals surface area (Å²) in [5, 5.41) is 10.0. The van der Waals surface area contributed by atoms with Crippen molar-refractivity contribution in [3.8, 4) is 0 Å². The van der Waals surface area contributed by atoms with Crippen LogP contribution >= 0.6 is 0 Å². The number of benzene rings is 1. The number of carbonyl (C=O) groups excluding carboxylic acids is 2. The van der Waals surface area contributed by atoms with Crippen LogP contribution in [0.4, 0.5) is 4.79 Å². The molecule has 0 radical (unpaired) electrons. The highest BCUT2D eigenvalue weighted by atomic mass is 16.5. The standard InChI is InChI=1S/C20H29N5O3/c1-14-18(15(2)25(23-14)10-11-28-5)12-22-20(27)24(4)13-16-6-8-17(9-7-16)19(26)21-3/h6-9H,10-13H2,1-5H3,(H,21,26)(H,22,27). The third-order valence-corrected chi connectivity index (χ3v) is 4.66. The summed E-state index contributed by atoms with van der Waals surface area (Å²) in [6.45, 7) is 6.08. The van der Waals surface area contributed by atoms with Crippen molar-refractivity contribution in [2.24, 2.45) is 0 Å². The molecule has 1 heterocycles. The molecule has 1 aromatic carbocycles. The molecule has 0 saturated heterocycles. The van der Waals surface area contributed by atoms with E-state index in [0.29, 0.717) is 31.8 Å². The Balaban J connectivity index is 1.92. The molecule has 1 aromatic heterocycles. The van der Waals surface area contributed by atoms with Gasteiger partial charge in [0.15, 0.2) is 0 Å². The van der Waals surface area contributed by atoms with Crippen LogP contribution in [0.2, 0.25) is 0 Å². The molecular weight excluding hydrogens is 358 g/mol. The van der Waals surface area contributed by atoms with Crippen molar-refractivity contribution in [3.05, 3.63) is 52.3 Å². The second-order valence-corrected chi connectivity index (χ2v) is 6.66. The van der Waals surface area contributed by atoms with Crippen molar-refractivity contribution >= 4 is 11.9 Å². The number of rotatable bonds is 8. The Hall–Kier alpha value is -2.87. The zero-order chi connectivity index (χ0) is 20.7. The van der Waals surface area contributed by atoms with Crippen LogP contribution in [0.3, 0.4) is 0 Å². The molecule has 8 heteroatoms. The van der Waals surface area contributed by atoms with Crippen LogP contribution in [-0.2, 0) is 24.4 Å². The van der Waals surface area contributed by atoms with E-state index in [-0.39, 0.29) is 11.9 Å². The highest BCUT2D eigenvalue weighted by molar-refractivity contribution is 5.93. The van der Waals surface area contributed by atoms with Crippen LogP contribution < -0.4 is 10.6 Å². The van der Waals surface area contributed by atoms with E-state index in [1.807, 2.05) is 30.7 Å². The molecule has 0 aliphatic rings. The molecule has 2 rings (SSSR count). The van der Waals surface area contributed by atoms with Gasteiger partial charge < -0.3 is 20.3 Å². The molecule has 28 heavy (non-hydrogen) atoms. The lowest BCUT2D eigenvalue weighted by Gasteiger charge is -2.18. The Morgan fingerprint density at radius 2 is 1.89 bits per heavy atom. The van der Waals surface area contributed by atoms with Gasteiger partial charge in [-0.15, -0.1) is 0 Å². The van der Waals surface area contributed by atoms with Gasteiger partial charge in [0.05, 0.1) is 18.8 Å². The van der Waals surface area contributed by atoms with Gasteiger partial charge >= 0.3 is 6.03 Å². The van der Waals surface area contributed by atoms with Gasteiger partial charge in [-0.2, -0.15) is 5.10 Å². The van der Waals surface area contributed by atoms with E-state index < -0.39 is 0 Å². The first kappa shape index (κ1) is 21.4. The Morgan fingerprint density at radius 3 is 2.50 bits per heavy atom. The third-order valence-electron chi connectivity index (χ3n) is 4.66. The van der Waals surface area contributed by atoms with E-state index in [2.05, 4.69) is 15.7 Å². The monoisotopic (exact) mass is 387 g/mol. The fourth-order valence-corrected chi connectivity index (χ4v) is 2.94. The predicted octanol–water partition coefficient (Wildman–Crippen LogP) is 1.85. The van der Waals surface area contributed by atoms with Crippen molar-refractivity contribution in [2.75, 3.05) is 27.8 Å². The van der Waals surface area contributed by atoms with Crippen LogP contribution in [0.1, 0.15) is 32.9 Å². The van der Waals surface area contributed by atoms with Crippen LogP contribution in [-0.4, -0.2) is 54.4 Å². The maximum absolute atomic E-state index is 12.4. The number of ether oxygens (including phenoxy) is 1. The second-order valence-electron chi connectivity index (χ2n) is 6.66. The lowest BCUT2D eigenvalue weighted by Crippen LogP contribution is -2.36. The van der Waals surface area contributed by atoms with E-state index in [1.165, 1.54) is 0 Å². The van der Waals surface area contributed by atoms with Crippen molar-refractivity contribution in [2.45, 2.75) is 33.5 Å². The maximum atomic E-state index is 12.4. The topological polar surface area (TPSA) is 88.5 Å². The summed E-state index contributed by atoms with van der Waals surface area (Å²) in [5.41, 5.74) is 4.50. The van der Waals surface area contributed by atoms with Crippen LogP contribution in [0, 0.1) is 13.8 Å². The van der Waals surface area contributed by atoms with E-state index in [0.717, 1.165) is 22.5 Å². The minimum atomic E-state index is -0.168. The number of aryl methyl sites for hydroxylation is 1. The van der Waals surface area contributed by atoms with Crippen molar-refractivity contribution in [1.29, 1.82) is 0 Å². The number of aromatic nitrogens is 2. The summed E-state index contributed by atoms with van der Waals surface area (Å²) in [6, 6.07) is 7.03. The van der Waals surface area contributed by atoms with Gasteiger partial charge in [-0.3, -0.25) is 9.48 Å². The van der Waals surface area contributed by atoms with E-state index >= 15 is 0 Å². The third kappa shape index (κ3) is 5.32. The summed E-state index contributed by atoms with van der Waals surface area (Å²) in [4.78, 5) is 25.6. The predicted molar refractivity (Wildman–Crippen MR) is 107 cm³/mol. The highest BCUT2D eigenvalue weighted by Gasteiger charge is 2.14. The first-order valence-corrected chi connectivity index (χ1v) is 9.19. The van der Waals surface area contributed by atoms with Crippen molar-refractivity contribution < 1.29 is 14.3 Å². The number of nitrogens with zero attached hydrogens (tertiary/aromatic N) is 3. The van der Waals surface area contributed by atoms with Crippen molar-refractivity contribution in [1.82, 2.24) is 25.3 Å². The average Bonchev–Trinajstić information content (AvgIpc) is 2.97. The Labute approximate surface area is 165 Å². The minimum Gasteiger partial charge on any atom is -0.383 e. The zero-order valence-corrected chi connectivity index (χ0v) is 17.2. The SMILES string of the molecule is CNC(=O)c1ccc(CN(C)C(=O)NCc2c(C)nn(CCOC)c2C)cc1. The van der Waals surface area contributed by atoms with Gasteiger partial charge in [-0.05, 0) is 31.5 Å². The van der Waals surface area contributed by atoms with Gasteiger partial charge in [0.1, 0.15) is 0 Å². The average molecular weight is 387 g/mol. The molecule has 152 valence electrons. The Bertz CT molecular complexity index is 814. The molecule has 0 spiro atoms. The lowest BCUT2D eigenvalue weighted by molar-refractivity contribution is 0.0963. The number of amides is 3. The molecule has 8 nitrogen and oxygen atoms in total. The molecule has 0 unspecified atom stereocenters. The maximum Gasteiger partial charge on any atom is 0.317 e. The highest BCUT2D eigenvalue weighted by Crippen LogP contribution is 2.13. The molecule has 0 bridgehead atoms. The van der Waals surface area contributed by atoms with Gasteiger partial charge in [0.2, 0.25) is 0 Å². The quantitative estimate of drug-likeness (QED) is 0.724. The van der Waals surface area contributed by atoms with E-state index in [1.54, 1.807) is 38.2 Å². The number of methoxy groups -OCH3 is 1. The summed E-state index contributed by atoms with van der Waals surface area (Å²) in [6.07, 6.45) is 0. The zero-order valence-electron chi connectivity index (χ0n) is 17.2. The summed E-state index contributed by atoms with van der Waals surface area (Å²) < 4.78 is 7.00. The fraction of sp³-hybridized carbons (Fsp3) is 0.450. The molecular formula is C20H29N5O3. The normalized spacial score (nSPS) is 10.6. The number of hydrogen-bond donors (Lipinski definition) is 2. The van der Waals surface area contributed by atoms with Gasteiger partial charge in [0.25, 0.3) is 5.91 Å². The Kier molecular flexibility index (Phi) is 7.57. The minimum absolute atomic E-state index is 0.130. The second kappa shape index (κ2) is 9.89. The molecule has 0 fully saturated rings. The largest absolute Gasteiger partial charge is 0.383 e. The molecule has 3 amide bonds. The van der Waals surface area contributed by atoms with Gasteiger partial charge in [-0.1, -0.05) is 12.1 Å². The van der Waals surface area contributed by atoms with Crippen LogP contribution in [0.5, 0.6) is 0 Å². The fourth-order valence-electron chi connectivity index (χ4n) is 2.94. The molecule has 0 atom stereocenters. The summed E-state index contributed by atoms with van der Waals surface area (Å²) in [7, 11) is 5.00. The van der Waals surface area contributed by atoms with E-state index in [9.17, 15) is 9.59 Å². The molecule has 0 saturated carbocycles. The summed E-state index contributed by atoms with van der Waals surface area (Å²) in [5.74, 6) is -0.130. The first-order chi connectivity index (χ1) is 13.4. The van der Waals surface area contributed by atoms with Crippen molar-refractivity contribution in [3.63, 3.8) is 0 Å².